The van der Waals surface area contributed by atoms with Gasteiger partial charge in [0.2, 0.25) is 0 Å². The number of carbonyl (C=O) groups is 2. The van der Waals surface area contributed by atoms with E-state index in [9.17, 15) is 19.1 Å². The van der Waals surface area contributed by atoms with Crippen molar-refractivity contribution in [2.45, 2.75) is 26.2 Å². The number of hydrogen-bond donors (Lipinski definition) is 1. The van der Waals surface area contributed by atoms with Crippen LogP contribution in [0.25, 0.3) is 0 Å². The summed E-state index contributed by atoms with van der Waals surface area (Å²) in [5.41, 5.74) is -0.922. The summed E-state index contributed by atoms with van der Waals surface area (Å²) in [5.74, 6) is -1.92. The van der Waals surface area contributed by atoms with Crippen molar-refractivity contribution in [2.75, 3.05) is 13.1 Å². The molecule has 0 aliphatic carbocycles. The highest BCUT2D eigenvalue weighted by Gasteiger charge is 2.45. The molecular formula is C15H17BrFNO3. The highest BCUT2D eigenvalue weighted by atomic mass is 79.9. The molecule has 0 saturated carbocycles. The molecule has 1 aromatic rings. The maximum Gasteiger partial charge on any atom is 0.311 e. The van der Waals surface area contributed by atoms with Gasteiger partial charge in [-0.2, -0.15) is 0 Å². The van der Waals surface area contributed by atoms with Crippen LogP contribution in [-0.2, 0) is 4.79 Å². The summed E-state index contributed by atoms with van der Waals surface area (Å²) >= 11 is 3.21. The summed E-state index contributed by atoms with van der Waals surface area (Å²) in [5, 5.41) is 9.44. The summed E-state index contributed by atoms with van der Waals surface area (Å²) in [4.78, 5) is 25.4. The monoisotopic (exact) mass is 357 g/mol. The molecule has 1 atom stereocenters. The van der Waals surface area contributed by atoms with Gasteiger partial charge in [-0.1, -0.05) is 29.3 Å². The lowest BCUT2D eigenvalue weighted by Crippen LogP contribution is -2.37. The van der Waals surface area contributed by atoms with Gasteiger partial charge < -0.3 is 10.0 Å². The zero-order valence-electron chi connectivity index (χ0n) is 11.7. The number of carboxylic acids is 1. The van der Waals surface area contributed by atoms with Crippen molar-refractivity contribution in [3.63, 3.8) is 0 Å². The van der Waals surface area contributed by atoms with Gasteiger partial charge in [0.05, 0.1) is 11.0 Å². The Morgan fingerprint density at radius 3 is 2.81 bits per heavy atom. The molecule has 114 valence electrons. The Labute approximate surface area is 131 Å². The number of likely N-dealkylation sites (tertiary alicyclic amines) is 1. The maximum atomic E-state index is 13.8. The second kappa shape index (κ2) is 6.13. The van der Waals surface area contributed by atoms with Crippen molar-refractivity contribution < 1.29 is 19.1 Å². The van der Waals surface area contributed by atoms with Crippen LogP contribution < -0.4 is 0 Å². The first-order valence-electron chi connectivity index (χ1n) is 6.87. The first-order chi connectivity index (χ1) is 9.89. The van der Waals surface area contributed by atoms with E-state index < -0.39 is 23.1 Å². The average molecular weight is 358 g/mol. The lowest BCUT2D eigenvalue weighted by molar-refractivity contribution is -0.148. The number of rotatable bonds is 4. The maximum absolute atomic E-state index is 13.8. The number of amides is 1. The molecule has 4 nitrogen and oxygen atoms in total. The van der Waals surface area contributed by atoms with E-state index in [4.69, 9.17) is 0 Å². The normalized spacial score (nSPS) is 21.6. The summed E-state index contributed by atoms with van der Waals surface area (Å²) in [6, 6.07) is 4.18. The van der Waals surface area contributed by atoms with Crippen molar-refractivity contribution >= 4 is 27.8 Å². The molecule has 1 amide bonds. The van der Waals surface area contributed by atoms with Gasteiger partial charge in [0.25, 0.3) is 5.91 Å². The fraction of sp³-hybridized carbons (Fsp3) is 0.467. The van der Waals surface area contributed by atoms with Gasteiger partial charge in [0.1, 0.15) is 5.82 Å². The van der Waals surface area contributed by atoms with Gasteiger partial charge in [-0.05, 0) is 31.0 Å². The van der Waals surface area contributed by atoms with Crippen molar-refractivity contribution in [1.82, 2.24) is 4.90 Å². The number of hydrogen-bond acceptors (Lipinski definition) is 2. The van der Waals surface area contributed by atoms with Gasteiger partial charge in [-0.15, -0.1) is 0 Å². The molecule has 1 unspecified atom stereocenters. The molecule has 2 rings (SSSR count). The third-order valence-corrected chi connectivity index (χ3v) is 4.48. The molecular weight excluding hydrogens is 341 g/mol. The van der Waals surface area contributed by atoms with Crippen LogP contribution in [0.5, 0.6) is 0 Å². The van der Waals surface area contributed by atoms with Crippen molar-refractivity contribution in [1.29, 1.82) is 0 Å². The molecule has 0 bridgehead atoms. The highest BCUT2D eigenvalue weighted by Crippen LogP contribution is 2.36. The smallest absolute Gasteiger partial charge is 0.311 e. The fourth-order valence-corrected chi connectivity index (χ4v) is 3.20. The molecule has 0 spiro atoms. The zero-order valence-corrected chi connectivity index (χ0v) is 13.3. The van der Waals surface area contributed by atoms with E-state index >= 15 is 0 Å². The van der Waals surface area contributed by atoms with Crippen LogP contribution in [0, 0.1) is 11.2 Å². The van der Waals surface area contributed by atoms with Crippen LogP contribution in [-0.4, -0.2) is 35.0 Å². The lowest BCUT2D eigenvalue weighted by Gasteiger charge is -2.24. The second-order valence-electron chi connectivity index (χ2n) is 5.44. The highest BCUT2D eigenvalue weighted by molar-refractivity contribution is 9.10. The predicted octanol–water partition coefficient (Wildman–Crippen LogP) is 3.31. The Hall–Kier alpha value is -1.43. The Morgan fingerprint density at radius 2 is 2.19 bits per heavy atom. The molecule has 1 aromatic carbocycles. The molecule has 6 heteroatoms. The van der Waals surface area contributed by atoms with Crippen LogP contribution in [0.3, 0.4) is 0 Å². The number of benzene rings is 1. The number of carboxylic acid groups (broad SMARTS) is 1. The minimum Gasteiger partial charge on any atom is -0.481 e. The first-order valence-corrected chi connectivity index (χ1v) is 7.66. The Bertz CT molecular complexity index is 578. The molecule has 1 saturated heterocycles. The fourth-order valence-electron chi connectivity index (χ4n) is 2.84. The third-order valence-electron chi connectivity index (χ3n) is 3.98. The average Bonchev–Trinajstić information content (AvgIpc) is 2.87. The summed E-state index contributed by atoms with van der Waals surface area (Å²) < 4.78 is 14.4. The van der Waals surface area contributed by atoms with E-state index in [1.807, 2.05) is 6.92 Å². The third kappa shape index (κ3) is 3.10. The van der Waals surface area contributed by atoms with Crippen LogP contribution in [0.1, 0.15) is 36.5 Å². The van der Waals surface area contributed by atoms with E-state index in [0.29, 0.717) is 23.9 Å². The zero-order chi connectivity index (χ0) is 15.6. The summed E-state index contributed by atoms with van der Waals surface area (Å²) in [7, 11) is 0. The predicted molar refractivity (Wildman–Crippen MR) is 79.6 cm³/mol. The molecule has 1 N–H and O–H groups in total. The van der Waals surface area contributed by atoms with E-state index in [1.165, 1.54) is 23.1 Å². The number of aliphatic carboxylic acids is 1. The van der Waals surface area contributed by atoms with Gasteiger partial charge in [-0.25, -0.2) is 4.39 Å². The van der Waals surface area contributed by atoms with Gasteiger partial charge in [-0.3, -0.25) is 9.59 Å². The van der Waals surface area contributed by atoms with Crippen LogP contribution in [0.4, 0.5) is 4.39 Å². The topological polar surface area (TPSA) is 57.6 Å². The Kier molecular flexibility index (Phi) is 4.66. The standard InChI is InChI=1S/C15H17BrFNO3/c1-2-5-15(14(20)21)6-7-18(9-15)13(19)11-8-10(16)3-4-12(11)17/h3-4,8H,2,5-7,9H2,1H3,(H,20,21). The summed E-state index contributed by atoms with van der Waals surface area (Å²) in [6.07, 6.45) is 1.67. The second-order valence-corrected chi connectivity index (χ2v) is 6.35. The Balaban J connectivity index is 2.22. The molecule has 1 aliphatic rings. The summed E-state index contributed by atoms with van der Waals surface area (Å²) in [6.45, 7) is 2.40. The molecule has 0 radical (unpaired) electrons. The number of nitrogens with zero attached hydrogens (tertiary/aromatic N) is 1. The molecule has 0 aromatic heterocycles. The van der Waals surface area contributed by atoms with Crippen LogP contribution >= 0.6 is 15.9 Å². The first kappa shape index (κ1) is 15.9. The van der Waals surface area contributed by atoms with E-state index in [-0.39, 0.29) is 12.1 Å². The van der Waals surface area contributed by atoms with E-state index in [2.05, 4.69) is 15.9 Å². The number of carbonyl (C=O) groups excluding carboxylic acids is 1. The molecule has 1 fully saturated rings. The Morgan fingerprint density at radius 1 is 1.48 bits per heavy atom. The molecule has 1 heterocycles. The van der Waals surface area contributed by atoms with E-state index in [0.717, 1.165) is 6.42 Å². The van der Waals surface area contributed by atoms with E-state index in [1.54, 1.807) is 0 Å². The minimum atomic E-state index is -0.896. The van der Waals surface area contributed by atoms with Crippen LogP contribution in [0.15, 0.2) is 22.7 Å². The minimum absolute atomic E-state index is 0.0259. The van der Waals surface area contributed by atoms with Crippen molar-refractivity contribution in [3.05, 3.63) is 34.1 Å². The van der Waals surface area contributed by atoms with Crippen molar-refractivity contribution in [2.24, 2.45) is 5.41 Å². The largest absolute Gasteiger partial charge is 0.481 e. The van der Waals surface area contributed by atoms with Crippen molar-refractivity contribution in [3.8, 4) is 0 Å². The molecule has 21 heavy (non-hydrogen) atoms. The van der Waals surface area contributed by atoms with Gasteiger partial charge in [0, 0.05) is 17.6 Å². The quantitative estimate of drug-likeness (QED) is 0.899. The number of halogens is 2. The SMILES string of the molecule is CCCC1(C(=O)O)CCN(C(=O)c2cc(Br)ccc2F)C1. The van der Waals surface area contributed by atoms with Gasteiger partial charge >= 0.3 is 5.97 Å². The van der Waals surface area contributed by atoms with Crippen LogP contribution in [0.2, 0.25) is 0 Å². The van der Waals surface area contributed by atoms with Gasteiger partial charge in [0.15, 0.2) is 0 Å². The lowest BCUT2D eigenvalue weighted by atomic mass is 9.83. The molecule has 1 aliphatic heterocycles.